The Hall–Kier alpha value is -2.93. The van der Waals surface area contributed by atoms with Crippen LogP contribution in [0.3, 0.4) is 0 Å². The lowest BCUT2D eigenvalue weighted by atomic mass is 9.97. The van der Waals surface area contributed by atoms with Crippen molar-refractivity contribution in [2.75, 3.05) is 18.4 Å². The molecule has 0 saturated carbocycles. The highest BCUT2D eigenvalue weighted by Gasteiger charge is 2.29. The minimum absolute atomic E-state index is 0.0873. The van der Waals surface area contributed by atoms with Crippen molar-refractivity contribution in [2.24, 2.45) is 5.92 Å². The number of rotatable bonds is 4. The second-order valence-corrected chi connectivity index (χ2v) is 8.29. The second kappa shape index (κ2) is 8.21. The highest BCUT2D eigenvalue weighted by Crippen LogP contribution is 2.27. The van der Waals surface area contributed by atoms with Crippen LogP contribution in [0.4, 0.5) is 5.13 Å². The van der Waals surface area contributed by atoms with Crippen LogP contribution in [0.5, 0.6) is 0 Å². The molecule has 0 aliphatic carbocycles. The normalized spacial score (nSPS) is 16.6. The molecule has 7 heteroatoms. The highest BCUT2D eigenvalue weighted by atomic mass is 32.1. The van der Waals surface area contributed by atoms with E-state index in [1.165, 1.54) is 35.0 Å². The van der Waals surface area contributed by atoms with Gasteiger partial charge in [-0.15, -0.1) is 11.3 Å². The summed E-state index contributed by atoms with van der Waals surface area (Å²) in [5.41, 5.74) is 4.87. The molecular weight excluding hydrogens is 386 g/mol. The van der Waals surface area contributed by atoms with Crippen LogP contribution in [0.1, 0.15) is 34.3 Å². The topological polar surface area (TPSA) is 75.4 Å². The lowest BCUT2D eigenvalue weighted by Crippen LogP contribution is -2.43. The number of nitrogens with one attached hydrogen (secondary N) is 1. The van der Waals surface area contributed by atoms with E-state index in [0.717, 1.165) is 24.1 Å². The molecule has 3 heterocycles. The molecule has 3 aromatic rings. The molecule has 29 heavy (non-hydrogen) atoms. The Morgan fingerprint density at radius 1 is 1.24 bits per heavy atom. The number of hydrogen-bond donors (Lipinski definition) is 1. The van der Waals surface area contributed by atoms with Gasteiger partial charge in [-0.1, -0.05) is 12.1 Å². The van der Waals surface area contributed by atoms with Gasteiger partial charge in [0.05, 0.1) is 23.4 Å². The summed E-state index contributed by atoms with van der Waals surface area (Å²) in [6, 6.07) is 7.88. The minimum atomic E-state index is -0.242. The SMILES string of the molecule is Cc1ccc(-c2csc(NC(=O)C3CCCN(C(=O)c4ccoc4)C3)n2)cc1C. The average molecular weight is 410 g/mol. The minimum Gasteiger partial charge on any atom is -0.472 e. The highest BCUT2D eigenvalue weighted by molar-refractivity contribution is 7.14. The summed E-state index contributed by atoms with van der Waals surface area (Å²) in [4.78, 5) is 31.6. The molecular formula is C22H23N3O3S. The van der Waals surface area contributed by atoms with Gasteiger partial charge in [0.15, 0.2) is 5.13 Å². The number of benzene rings is 1. The zero-order valence-corrected chi connectivity index (χ0v) is 17.3. The summed E-state index contributed by atoms with van der Waals surface area (Å²) < 4.78 is 5.00. The smallest absolute Gasteiger partial charge is 0.257 e. The molecule has 2 aromatic heterocycles. The van der Waals surface area contributed by atoms with Crippen LogP contribution in [0.15, 0.2) is 46.6 Å². The third-order valence-corrected chi connectivity index (χ3v) is 6.14. The lowest BCUT2D eigenvalue weighted by Gasteiger charge is -2.31. The first kappa shape index (κ1) is 19.4. The molecule has 1 N–H and O–H groups in total. The van der Waals surface area contributed by atoms with Gasteiger partial charge in [-0.25, -0.2) is 4.98 Å². The molecule has 2 amide bonds. The predicted molar refractivity (Wildman–Crippen MR) is 113 cm³/mol. The molecule has 6 nitrogen and oxygen atoms in total. The molecule has 150 valence electrons. The van der Waals surface area contributed by atoms with E-state index in [1.54, 1.807) is 11.0 Å². The van der Waals surface area contributed by atoms with Crippen LogP contribution < -0.4 is 5.32 Å². The predicted octanol–water partition coefficient (Wildman–Crippen LogP) is 4.51. The maximum Gasteiger partial charge on any atom is 0.257 e. The lowest BCUT2D eigenvalue weighted by molar-refractivity contribution is -0.121. The number of piperidine rings is 1. The third-order valence-electron chi connectivity index (χ3n) is 5.38. The van der Waals surface area contributed by atoms with Crippen molar-refractivity contribution >= 4 is 28.3 Å². The number of nitrogens with zero attached hydrogens (tertiary/aromatic N) is 2. The zero-order chi connectivity index (χ0) is 20.4. The summed E-state index contributed by atoms with van der Waals surface area (Å²) in [5.74, 6) is -0.424. The molecule has 1 fully saturated rings. The first-order valence-corrected chi connectivity index (χ1v) is 10.5. The number of carbonyl (C=O) groups is 2. The van der Waals surface area contributed by atoms with Crippen molar-refractivity contribution in [3.63, 3.8) is 0 Å². The van der Waals surface area contributed by atoms with Crippen molar-refractivity contribution < 1.29 is 14.0 Å². The van der Waals surface area contributed by atoms with E-state index < -0.39 is 0 Å². The van der Waals surface area contributed by atoms with E-state index in [9.17, 15) is 9.59 Å². The summed E-state index contributed by atoms with van der Waals surface area (Å²) in [6.45, 7) is 5.22. The Morgan fingerprint density at radius 3 is 2.86 bits per heavy atom. The molecule has 1 aliphatic heterocycles. The van der Waals surface area contributed by atoms with E-state index in [2.05, 4.69) is 36.3 Å². The van der Waals surface area contributed by atoms with Gasteiger partial charge in [-0.05, 0) is 49.9 Å². The molecule has 4 rings (SSSR count). The van der Waals surface area contributed by atoms with Crippen LogP contribution in [-0.4, -0.2) is 34.8 Å². The molecule has 1 atom stereocenters. The van der Waals surface area contributed by atoms with Gasteiger partial charge < -0.3 is 14.6 Å². The van der Waals surface area contributed by atoms with Crippen LogP contribution in [0, 0.1) is 19.8 Å². The Bertz CT molecular complexity index is 1030. The van der Waals surface area contributed by atoms with Gasteiger partial charge in [0.25, 0.3) is 5.91 Å². The third kappa shape index (κ3) is 4.24. The van der Waals surface area contributed by atoms with E-state index >= 15 is 0 Å². The number of aryl methyl sites for hydroxylation is 2. The Labute approximate surface area is 173 Å². The van der Waals surface area contributed by atoms with Crippen LogP contribution >= 0.6 is 11.3 Å². The number of thiazole rings is 1. The number of carbonyl (C=O) groups excluding carboxylic acids is 2. The second-order valence-electron chi connectivity index (χ2n) is 7.43. The number of likely N-dealkylation sites (tertiary alicyclic amines) is 1. The van der Waals surface area contributed by atoms with E-state index in [-0.39, 0.29) is 17.7 Å². The van der Waals surface area contributed by atoms with Crippen LogP contribution in [0.25, 0.3) is 11.3 Å². The van der Waals surface area contributed by atoms with Crippen LogP contribution in [-0.2, 0) is 4.79 Å². The fourth-order valence-electron chi connectivity index (χ4n) is 3.52. The molecule has 0 bridgehead atoms. The van der Waals surface area contributed by atoms with Gasteiger partial charge in [-0.2, -0.15) is 0 Å². The summed E-state index contributed by atoms with van der Waals surface area (Å²) in [7, 11) is 0. The number of anilines is 1. The van der Waals surface area contributed by atoms with Crippen molar-refractivity contribution in [3.05, 3.63) is 58.9 Å². The first-order valence-electron chi connectivity index (χ1n) is 9.67. The zero-order valence-electron chi connectivity index (χ0n) is 16.5. The van der Waals surface area contributed by atoms with Gasteiger partial charge in [0.2, 0.25) is 5.91 Å². The molecule has 1 aromatic carbocycles. The summed E-state index contributed by atoms with van der Waals surface area (Å²) in [6.07, 6.45) is 4.48. The maximum absolute atomic E-state index is 12.8. The Kier molecular flexibility index (Phi) is 5.49. The maximum atomic E-state index is 12.8. The first-order chi connectivity index (χ1) is 14.0. The largest absolute Gasteiger partial charge is 0.472 e. The van der Waals surface area contributed by atoms with Crippen molar-refractivity contribution in [3.8, 4) is 11.3 Å². The summed E-state index contributed by atoms with van der Waals surface area (Å²) in [5, 5.41) is 5.47. The summed E-state index contributed by atoms with van der Waals surface area (Å²) >= 11 is 1.42. The number of furan rings is 1. The van der Waals surface area contributed by atoms with E-state index in [4.69, 9.17) is 4.42 Å². The van der Waals surface area contributed by atoms with Gasteiger partial charge >= 0.3 is 0 Å². The Balaban J connectivity index is 1.41. The molecule has 1 aliphatic rings. The fraction of sp³-hybridized carbons (Fsp3) is 0.318. The standard InChI is InChI=1S/C22H23N3O3S/c1-14-5-6-16(10-15(14)2)19-13-29-22(23-19)24-20(26)17-4-3-8-25(11-17)21(27)18-7-9-28-12-18/h5-7,9-10,12-13,17H,3-4,8,11H2,1-2H3,(H,23,24,26). The van der Waals surface area contributed by atoms with Gasteiger partial charge in [0, 0.05) is 24.0 Å². The molecule has 0 radical (unpaired) electrons. The van der Waals surface area contributed by atoms with Gasteiger partial charge in [-0.3, -0.25) is 9.59 Å². The van der Waals surface area contributed by atoms with Crippen molar-refractivity contribution in [1.82, 2.24) is 9.88 Å². The van der Waals surface area contributed by atoms with Crippen LogP contribution in [0.2, 0.25) is 0 Å². The average Bonchev–Trinajstić information content (AvgIpc) is 3.42. The van der Waals surface area contributed by atoms with Gasteiger partial charge in [0.1, 0.15) is 6.26 Å². The number of amides is 2. The fourth-order valence-corrected chi connectivity index (χ4v) is 4.24. The number of hydrogen-bond acceptors (Lipinski definition) is 5. The van der Waals surface area contributed by atoms with Crippen molar-refractivity contribution in [2.45, 2.75) is 26.7 Å². The molecule has 1 unspecified atom stereocenters. The Morgan fingerprint density at radius 2 is 2.10 bits per heavy atom. The molecule has 0 spiro atoms. The quantitative estimate of drug-likeness (QED) is 0.688. The van der Waals surface area contributed by atoms with E-state index in [1.807, 2.05) is 11.4 Å². The monoisotopic (exact) mass is 409 g/mol. The van der Waals surface area contributed by atoms with E-state index in [0.29, 0.717) is 23.8 Å². The molecule has 1 saturated heterocycles. The van der Waals surface area contributed by atoms with Crippen molar-refractivity contribution in [1.29, 1.82) is 0 Å². The number of aromatic nitrogens is 1.